The molecule has 232 valence electrons. The third-order valence-electron chi connectivity index (χ3n) is 9.27. The summed E-state index contributed by atoms with van der Waals surface area (Å²) in [5.74, 6) is 1.14. The van der Waals surface area contributed by atoms with Crippen LogP contribution in [0.2, 0.25) is 0 Å². The molecule has 0 N–H and O–H groups in total. The van der Waals surface area contributed by atoms with E-state index < -0.39 is 0 Å². The predicted octanol–water partition coefficient (Wildman–Crippen LogP) is 12.9. The highest BCUT2D eigenvalue weighted by molar-refractivity contribution is 6.18. The van der Waals surface area contributed by atoms with Crippen molar-refractivity contribution in [3.8, 4) is 0 Å². The molecule has 0 amide bonds. The first-order chi connectivity index (χ1) is 20.3. The van der Waals surface area contributed by atoms with Gasteiger partial charge in [0.2, 0.25) is 6.17 Å². The minimum absolute atomic E-state index is 0.497. The molecule has 0 aliphatic carbocycles. The fraction of sp³-hybridized carbons (Fsp3) is 0.769. The van der Waals surface area contributed by atoms with Crippen LogP contribution >= 0.6 is 0 Å². The number of aliphatic imine (C=N–C) groups is 2. The van der Waals surface area contributed by atoms with Crippen LogP contribution in [0.1, 0.15) is 180 Å². The van der Waals surface area contributed by atoms with Crippen LogP contribution in [-0.2, 0) is 6.42 Å². The van der Waals surface area contributed by atoms with Gasteiger partial charge in [-0.15, -0.1) is 0 Å². The van der Waals surface area contributed by atoms with E-state index in [0.717, 1.165) is 12.6 Å². The van der Waals surface area contributed by atoms with Gasteiger partial charge < -0.3 is 0 Å². The normalized spacial score (nSPS) is 14.2. The highest BCUT2D eigenvalue weighted by Crippen LogP contribution is 2.37. The molecule has 0 bridgehead atoms. The summed E-state index contributed by atoms with van der Waals surface area (Å²) in [6.45, 7) is 4.61. The van der Waals surface area contributed by atoms with Gasteiger partial charge in [-0.05, 0) is 30.7 Å². The molecule has 0 spiro atoms. The number of hydrogen-bond acceptors (Lipinski definition) is 2. The molecule has 41 heavy (non-hydrogen) atoms. The van der Waals surface area contributed by atoms with Gasteiger partial charge in [-0.2, -0.15) is 0 Å². The molecule has 0 radical (unpaired) electrons. The highest BCUT2D eigenvalue weighted by Gasteiger charge is 2.35. The van der Waals surface area contributed by atoms with E-state index in [1.807, 2.05) is 12.4 Å². The second kappa shape index (κ2) is 26.1. The van der Waals surface area contributed by atoms with Crippen molar-refractivity contribution < 1.29 is 0 Å². The topological polar surface area (TPSA) is 24.7 Å². The molecule has 2 nitrogen and oxygen atoms in total. The first-order valence-electron chi connectivity index (χ1n) is 18.3. The van der Waals surface area contributed by atoms with E-state index in [1.165, 1.54) is 166 Å². The molecule has 1 aromatic carbocycles. The smallest absolute Gasteiger partial charge is 0.0965 e. The molecule has 2 rings (SSSR count). The van der Waals surface area contributed by atoms with E-state index in [2.05, 4.69) is 44.2 Å². The standard InChI is InChI=1S/C39H67N2/c1-3-5-7-9-11-12-13-14-15-16-17-18-19-21-23-28-32-38(39-40-33-34-41-39)37(35-36-29-25-24-26-30-36)31-27-22-20-10-8-6-4-2/h24-26,29-30,33-34,37-38H,3-23,27-28,31-32,35H2,1-2H3/q+1. The van der Waals surface area contributed by atoms with E-state index in [4.69, 9.17) is 9.98 Å². The van der Waals surface area contributed by atoms with Crippen molar-refractivity contribution in [1.29, 1.82) is 0 Å². The molecular formula is C39H67N2+. The van der Waals surface area contributed by atoms with Crippen LogP contribution in [0.25, 0.3) is 0 Å². The zero-order valence-electron chi connectivity index (χ0n) is 27.5. The van der Waals surface area contributed by atoms with Gasteiger partial charge in [0.15, 0.2) is 12.4 Å². The average Bonchev–Trinajstić information content (AvgIpc) is 3.53. The molecular weight excluding hydrogens is 496 g/mol. The van der Waals surface area contributed by atoms with Crippen molar-refractivity contribution in [1.82, 2.24) is 0 Å². The molecule has 0 aromatic heterocycles. The molecule has 1 aliphatic heterocycles. The minimum atomic E-state index is 0.497. The lowest BCUT2D eigenvalue weighted by molar-refractivity contribution is 0.284. The number of unbranched alkanes of at least 4 members (excludes halogenated alkanes) is 21. The van der Waals surface area contributed by atoms with Gasteiger partial charge in [0.1, 0.15) is 0 Å². The lowest BCUT2D eigenvalue weighted by atomic mass is 9.78. The molecule has 1 heterocycles. The van der Waals surface area contributed by atoms with Gasteiger partial charge in [0, 0.05) is 0 Å². The molecule has 1 aromatic rings. The van der Waals surface area contributed by atoms with Gasteiger partial charge in [-0.25, -0.2) is 0 Å². The molecule has 0 saturated carbocycles. The molecule has 0 saturated heterocycles. The Hall–Kier alpha value is -1.57. The van der Waals surface area contributed by atoms with E-state index in [1.54, 1.807) is 0 Å². The van der Waals surface area contributed by atoms with Crippen molar-refractivity contribution in [2.75, 3.05) is 0 Å². The number of hydrogen-bond donors (Lipinski definition) is 0. The van der Waals surface area contributed by atoms with E-state index in [9.17, 15) is 0 Å². The Bertz CT molecular complexity index is 727. The first-order valence-corrected chi connectivity index (χ1v) is 18.3. The SMILES string of the molecule is CCCCCCCCCCCCCCCCCCC([C+]1N=CC=N1)C(CCCCCCCCC)Cc1ccccc1. The van der Waals surface area contributed by atoms with E-state index in [-0.39, 0.29) is 0 Å². The summed E-state index contributed by atoms with van der Waals surface area (Å²) >= 11 is 0. The van der Waals surface area contributed by atoms with Crippen molar-refractivity contribution >= 4 is 12.4 Å². The third kappa shape index (κ3) is 18.6. The van der Waals surface area contributed by atoms with Crippen molar-refractivity contribution in [2.45, 2.75) is 181 Å². The lowest BCUT2D eigenvalue weighted by Crippen LogP contribution is -2.22. The molecule has 2 atom stereocenters. The Morgan fingerprint density at radius 2 is 0.878 bits per heavy atom. The maximum absolute atomic E-state index is 4.74. The first kappa shape index (κ1) is 35.6. The van der Waals surface area contributed by atoms with Crippen LogP contribution in [0.5, 0.6) is 0 Å². The van der Waals surface area contributed by atoms with Crippen LogP contribution in [0.3, 0.4) is 0 Å². The zero-order chi connectivity index (χ0) is 29.1. The van der Waals surface area contributed by atoms with Gasteiger partial charge in [0.05, 0.1) is 5.92 Å². The Kier molecular flexibility index (Phi) is 22.7. The second-order valence-corrected chi connectivity index (χ2v) is 13.0. The quantitative estimate of drug-likeness (QED) is 0.0684. The van der Waals surface area contributed by atoms with E-state index >= 15 is 0 Å². The summed E-state index contributed by atoms with van der Waals surface area (Å²) in [5.41, 5.74) is 1.48. The van der Waals surface area contributed by atoms with Gasteiger partial charge >= 0.3 is 0 Å². The van der Waals surface area contributed by atoms with Gasteiger partial charge in [-0.1, -0.05) is 202 Å². The largest absolute Gasteiger partial charge is 0.244 e. The fourth-order valence-electron chi connectivity index (χ4n) is 6.66. The summed E-state index contributed by atoms with van der Waals surface area (Å²) < 4.78 is 0. The summed E-state index contributed by atoms with van der Waals surface area (Å²) in [6.07, 6.45) is 41.1. The maximum atomic E-state index is 4.74. The van der Waals surface area contributed by atoms with Crippen LogP contribution in [0.4, 0.5) is 0 Å². The third-order valence-corrected chi connectivity index (χ3v) is 9.27. The Morgan fingerprint density at radius 3 is 1.32 bits per heavy atom. The van der Waals surface area contributed by atoms with Crippen LogP contribution < -0.4 is 0 Å². The lowest BCUT2D eigenvalue weighted by Gasteiger charge is -2.26. The molecule has 2 unspecified atom stereocenters. The minimum Gasteiger partial charge on any atom is -0.0965 e. The number of benzene rings is 1. The summed E-state index contributed by atoms with van der Waals surface area (Å²) in [5, 5.41) is 0. The number of rotatable bonds is 29. The Labute approximate surface area is 256 Å². The average molecular weight is 564 g/mol. The maximum Gasteiger partial charge on any atom is 0.244 e. The van der Waals surface area contributed by atoms with Crippen LogP contribution in [-0.4, -0.2) is 12.4 Å². The summed E-state index contributed by atoms with van der Waals surface area (Å²) in [4.78, 5) is 9.48. The molecule has 1 aliphatic rings. The Balaban J connectivity index is 1.65. The Morgan fingerprint density at radius 1 is 0.488 bits per heavy atom. The second-order valence-electron chi connectivity index (χ2n) is 13.0. The predicted molar refractivity (Wildman–Crippen MR) is 184 cm³/mol. The van der Waals surface area contributed by atoms with Crippen molar-refractivity contribution in [3.05, 3.63) is 42.1 Å². The highest BCUT2D eigenvalue weighted by atomic mass is 15.0. The van der Waals surface area contributed by atoms with Gasteiger partial charge in [-0.3, -0.25) is 0 Å². The van der Waals surface area contributed by atoms with Crippen LogP contribution in [0.15, 0.2) is 40.3 Å². The monoisotopic (exact) mass is 564 g/mol. The summed E-state index contributed by atoms with van der Waals surface area (Å²) in [6, 6.07) is 11.2. The van der Waals surface area contributed by atoms with E-state index in [0.29, 0.717) is 11.8 Å². The fourth-order valence-corrected chi connectivity index (χ4v) is 6.66. The number of nitrogens with zero attached hydrogens (tertiary/aromatic N) is 2. The molecule has 0 fully saturated rings. The zero-order valence-corrected chi connectivity index (χ0v) is 27.5. The van der Waals surface area contributed by atoms with Crippen molar-refractivity contribution in [2.24, 2.45) is 21.8 Å². The van der Waals surface area contributed by atoms with Crippen LogP contribution in [0, 0.1) is 18.0 Å². The van der Waals surface area contributed by atoms with Crippen molar-refractivity contribution in [3.63, 3.8) is 0 Å². The molecule has 2 heteroatoms. The summed E-state index contributed by atoms with van der Waals surface area (Å²) in [7, 11) is 0. The van der Waals surface area contributed by atoms with Gasteiger partial charge in [0.25, 0.3) is 0 Å².